The molecule has 0 aliphatic carbocycles. The van der Waals surface area contributed by atoms with E-state index in [9.17, 15) is 4.79 Å². The number of benzene rings is 2. The molecule has 1 aliphatic heterocycles. The normalized spacial score (nSPS) is 16.2. The Kier molecular flexibility index (Phi) is 5.69. The molecule has 7 heteroatoms. The second-order valence-corrected chi connectivity index (χ2v) is 8.13. The van der Waals surface area contributed by atoms with Crippen molar-refractivity contribution in [2.75, 3.05) is 32.3 Å². The van der Waals surface area contributed by atoms with Gasteiger partial charge in [-0.15, -0.1) is 0 Å². The molecular formula is C22H24N2O4S. The summed E-state index contributed by atoms with van der Waals surface area (Å²) in [6, 6.07) is 11.3. The van der Waals surface area contributed by atoms with Gasteiger partial charge in [-0.25, -0.2) is 4.98 Å². The second kappa shape index (κ2) is 8.39. The third kappa shape index (κ3) is 4.21. The van der Waals surface area contributed by atoms with E-state index in [0.29, 0.717) is 28.7 Å². The second-order valence-electron chi connectivity index (χ2n) is 7.12. The van der Waals surface area contributed by atoms with Crippen LogP contribution in [0.25, 0.3) is 10.2 Å². The van der Waals surface area contributed by atoms with Gasteiger partial charge in [0.05, 0.1) is 37.1 Å². The highest BCUT2D eigenvalue weighted by molar-refractivity contribution is 7.22. The van der Waals surface area contributed by atoms with E-state index < -0.39 is 0 Å². The maximum Gasteiger partial charge on any atom is 0.260 e. The highest BCUT2D eigenvalue weighted by Crippen LogP contribution is 2.32. The van der Waals surface area contributed by atoms with Crippen molar-refractivity contribution in [1.29, 1.82) is 0 Å². The first-order chi connectivity index (χ1) is 14.1. The molecule has 2 heterocycles. The van der Waals surface area contributed by atoms with Crippen molar-refractivity contribution in [3.05, 3.63) is 47.5 Å². The first-order valence-electron chi connectivity index (χ1n) is 9.61. The van der Waals surface area contributed by atoms with Gasteiger partial charge >= 0.3 is 0 Å². The number of hydrogen-bond donors (Lipinski definition) is 0. The van der Waals surface area contributed by atoms with Crippen LogP contribution in [0.15, 0.2) is 36.4 Å². The number of methoxy groups -OCH3 is 2. The number of carbonyl (C=O) groups excluding carboxylic acids is 1. The molecule has 0 radical (unpaired) electrons. The highest BCUT2D eigenvalue weighted by Gasteiger charge is 2.27. The fraction of sp³-hybridized carbons (Fsp3) is 0.364. The standard InChI is InChI=1S/C22H24N2O4S/c1-14-6-7-19-20(9-14)29-22(23-19)24(13-16-5-4-8-28-16)21(25)15-10-17(26-2)12-18(11-15)27-3/h6-7,9-12,16H,4-5,8,13H2,1-3H3. The van der Waals surface area contributed by atoms with E-state index in [0.717, 1.165) is 29.7 Å². The van der Waals surface area contributed by atoms with Crippen LogP contribution >= 0.6 is 11.3 Å². The van der Waals surface area contributed by atoms with Crippen LogP contribution in [0.2, 0.25) is 0 Å². The van der Waals surface area contributed by atoms with E-state index in [-0.39, 0.29) is 12.0 Å². The Morgan fingerprint density at radius 3 is 2.62 bits per heavy atom. The van der Waals surface area contributed by atoms with Crippen molar-refractivity contribution in [2.24, 2.45) is 0 Å². The molecule has 1 aromatic heterocycles. The molecule has 3 aromatic rings. The quantitative estimate of drug-likeness (QED) is 0.599. The molecule has 1 fully saturated rings. The van der Waals surface area contributed by atoms with E-state index in [1.165, 1.54) is 16.9 Å². The van der Waals surface area contributed by atoms with E-state index in [1.807, 2.05) is 12.1 Å². The highest BCUT2D eigenvalue weighted by atomic mass is 32.1. The number of hydrogen-bond acceptors (Lipinski definition) is 6. The minimum Gasteiger partial charge on any atom is -0.497 e. The molecule has 0 bridgehead atoms. The molecule has 1 amide bonds. The van der Waals surface area contributed by atoms with Crippen LogP contribution in [0, 0.1) is 6.92 Å². The molecule has 1 unspecified atom stereocenters. The zero-order valence-electron chi connectivity index (χ0n) is 16.8. The fourth-order valence-electron chi connectivity index (χ4n) is 3.46. The summed E-state index contributed by atoms with van der Waals surface area (Å²) in [4.78, 5) is 20.0. The summed E-state index contributed by atoms with van der Waals surface area (Å²) in [6.45, 7) is 3.26. The number of amides is 1. The molecule has 152 valence electrons. The molecule has 1 aliphatic rings. The predicted octanol–water partition coefficient (Wildman–Crippen LogP) is 4.45. The van der Waals surface area contributed by atoms with Gasteiger partial charge in [0.15, 0.2) is 5.13 Å². The predicted molar refractivity (Wildman–Crippen MR) is 115 cm³/mol. The van der Waals surface area contributed by atoms with Crippen LogP contribution in [0.1, 0.15) is 28.8 Å². The average molecular weight is 413 g/mol. The van der Waals surface area contributed by atoms with Gasteiger partial charge in [-0.2, -0.15) is 0 Å². The largest absolute Gasteiger partial charge is 0.497 e. The summed E-state index contributed by atoms with van der Waals surface area (Å²) >= 11 is 1.52. The molecule has 1 saturated heterocycles. The zero-order chi connectivity index (χ0) is 20.4. The monoisotopic (exact) mass is 412 g/mol. The minimum atomic E-state index is -0.145. The van der Waals surface area contributed by atoms with Crippen LogP contribution in [-0.2, 0) is 4.74 Å². The van der Waals surface area contributed by atoms with Gasteiger partial charge in [0, 0.05) is 18.2 Å². The van der Waals surface area contributed by atoms with Gasteiger partial charge in [0.1, 0.15) is 11.5 Å². The van der Waals surface area contributed by atoms with Gasteiger partial charge in [0.2, 0.25) is 0 Å². The Morgan fingerprint density at radius 2 is 1.97 bits per heavy atom. The molecule has 29 heavy (non-hydrogen) atoms. The lowest BCUT2D eigenvalue weighted by Crippen LogP contribution is -2.37. The zero-order valence-corrected chi connectivity index (χ0v) is 17.6. The number of rotatable bonds is 6. The summed E-state index contributed by atoms with van der Waals surface area (Å²) in [5, 5.41) is 0.674. The summed E-state index contributed by atoms with van der Waals surface area (Å²) < 4.78 is 17.5. The van der Waals surface area contributed by atoms with Crippen molar-refractivity contribution >= 4 is 32.6 Å². The first-order valence-corrected chi connectivity index (χ1v) is 10.4. The molecule has 0 N–H and O–H groups in total. The molecule has 0 saturated carbocycles. The fourth-order valence-corrected chi connectivity index (χ4v) is 4.53. The average Bonchev–Trinajstić information content (AvgIpc) is 3.40. The number of anilines is 1. The van der Waals surface area contributed by atoms with Crippen molar-refractivity contribution in [1.82, 2.24) is 4.98 Å². The van der Waals surface area contributed by atoms with Gasteiger partial charge in [0.25, 0.3) is 5.91 Å². The topological polar surface area (TPSA) is 60.9 Å². The summed E-state index contributed by atoms with van der Waals surface area (Å²) in [5.74, 6) is 1.00. The van der Waals surface area contributed by atoms with Crippen molar-refractivity contribution < 1.29 is 19.0 Å². The maximum atomic E-state index is 13.5. The number of aryl methyl sites for hydroxylation is 1. The summed E-state index contributed by atoms with van der Waals surface area (Å²) in [6.07, 6.45) is 1.97. The lowest BCUT2D eigenvalue weighted by atomic mass is 10.1. The van der Waals surface area contributed by atoms with E-state index in [4.69, 9.17) is 19.2 Å². The third-order valence-corrected chi connectivity index (χ3v) is 6.06. The number of carbonyl (C=O) groups is 1. The van der Waals surface area contributed by atoms with E-state index in [1.54, 1.807) is 37.3 Å². The molecule has 0 spiro atoms. The van der Waals surface area contributed by atoms with Crippen molar-refractivity contribution in [2.45, 2.75) is 25.9 Å². The number of ether oxygens (including phenoxy) is 3. The summed E-state index contributed by atoms with van der Waals surface area (Å²) in [5.41, 5.74) is 2.56. The number of fused-ring (bicyclic) bond motifs is 1. The van der Waals surface area contributed by atoms with Gasteiger partial charge in [-0.05, 0) is 49.6 Å². The lowest BCUT2D eigenvalue weighted by Gasteiger charge is -2.23. The Balaban J connectivity index is 1.74. The smallest absolute Gasteiger partial charge is 0.260 e. The number of aromatic nitrogens is 1. The first kappa shape index (κ1) is 19.7. The molecule has 4 rings (SSSR count). The third-order valence-electron chi connectivity index (χ3n) is 5.02. The Morgan fingerprint density at radius 1 is 1.21 bits per heavy atom. The lowest BCUT2D eigenvalue weighted by molar-refractivity contribution is 0.0917. The van der Waals surface area contributed by atoms with Crippen LogP contribution < -0.4 is 14.4 Å². The Hall–Kier alpha value is -2.64. The van der Waals surface area contributed by atoms with Crippen LogP contribution in [0.3, 0.4) is 0 Å². The molecule has 1 atom stereocenters. The van der Waals surface area contributed by atoms with Crippen LogP contribution in [0.4, 0.5) is 5.13 Å². The number of thiazole rings is 1. The van der Waals surface area contributed by atoms with Crippen LogP contribution in [-0.4, -0.2) is 44.4 Å². The number of nitrogens with zero attached hydrogens (tertiary/aromatic N) is 2. The van der Waals surface area contributed by atoms with E-state index in [2.05, 4.69) is 13.0 Å². The maximum absolute atomic E-state index is 13.5. The van der Waals surface area contributed by atoms with Gasteiger partial charge in [-0.3, -0.25) is 9.69 Å². The SMILES string of the molecule is COc1cc(OC)cc(C(=O)N(CC2CCCO2)c2nc3ccc(C)cc3s2)c1. The Bertz CT molecular complexity index is 1000. The van der Waals surface area contributed by atoms with Crippen molar-refractivity contribution in [3.8, 4) is 11.5 Å². The minimum absolute atomic E-state index is 0.0141. The Labute approximate surface area is 174 Å². The van der Waals surface area contributed by atoms with Crippen LogP contribution in [0.5, 0.6) is 11.5 Å². The molecule has 2 aromatic carbocycles. The summed E-state index contributed by atoms with van der Waals surface area (Å²) in [7, 11) is 3.14. The van der Waals surface area contributed by atoms with Crippen molar-refractivity contribution in [3.63, 3.8) is 0 Å². The van der Waals surface area contributed by atoms with Gasteiger partial charge in [-0.1, -0.05) is 17.4 Å². The van der Waals surface area contributed by atoms with Gasteiger partial charge < -0.3 is 14.2 Å². The molecular weight excluding hydrogens is 388 g/mol. The van der Waals surface area contributed by atoms with E-state index >= 15 is 0 Å². The molecule has 6 nitrogen and oxygen atoms in total.